The molecule has 0 spiro atoms. The van der Waals surface area contributed by atoms with E-state index in [1.807, 2.05) is 0 Å². The van der Waals surface area contributed by atoms with E-state index >= 15 is 0 Å². The van der Waals surface area contributed by atoms with E-state index in [4.69, 9.17) is 6.42 Å². The zero-order chi connectivity index (χ0) is 13.3. The molecule has 0 aliphatic carbocycles. The summed E-state index contributed by atoms with van der Waals surface area (Å²) in [5.41, 5.74) is -0.925. The van der Waals surface area contributed by atoms with Crippen molar-refractivity contribution in [2.45, 2.75) is 24.3 Å². The van der Waals surface area contributed by atoms with E-state index in [2.05, 4.69) is 42.5 Å². The third kappa shape index (κ3) is 3.81. The molecular weight excluding hydrogens is 370 g/mol. The van der Waals surface area contributed by atoms with Crippen LogP contribution in [0.15, 0.2) is 32.0 Å². The zero-order valence-electron chi connectivity index (χ0n) is 9.29. The molecule has 92 valence electrons. The van der Waals surface area contributed by atoms with Gasteiger partial charge in [0.05, 0.1) is 10.4 Å². The van der Waals surface area contributed by atoms with Crippen LogP contribution in [0.2, 0.25) is 0 Å². The van der Waals surface area contributed by atoms with Crippen molar-refractivity contribution < 1.29 is 8.42 Å². The predicted octanol–water partition coefficient (Wildman–Crippen LogP) is 2.90. The molecule has 0 saturated carbocycles. The van der Waals surface area contributed by atoms with Crippen LogP contribution in [0.5, 0.6) is 0 Å². The quantitative estimate of drug-likeness (QED) is 0.819. The summed E-state index contributed by atoms with van der Waals surface area (Å²) in [6, 6.07) is 4.82. The minimum atomic E-state index is -3.64. The number of halogens is 2. The molecule has 17 heavy (non-hydrogen) atoms. The highest BCUT2D eigenvalue weighted by Gasteiger charge is 2.25. The molecular formula is C11H11Br2NO2S. The van der Waals surface area contributed by atoms with E-state index in [0.717, 1.165) is 4.47 Å². The molecule has 0 atom stereocenters. The van der Waals surface area contributed by atoms with Crippen molar-refractivity contribution in [2.75, 3.05) is 0 Å². The van der Waals surface area contributed by atoms with Crippen LogP contribution in [0.1, 0.15) is 13.8 Å². The lowest BCUT2D eigenvalue weighted by Crippen LogP contribution is -2.42. The van der Waals surface area contributed by atoms with Gasteiger partial charge in [-0.1, -0.05) is 21.9 Å². The maximum atomic E-state index is 12.1. The molecule has 0 aromatic heterocycles. The first-order valence-corrected chi connectivity index (χ1v) is 7.72. The molecule has 0 aliphatic rings. The van der Waals surface area contributed by atoms with Crippen molar-refractivity contribution in [3.63, 3.8) is 0 Å². The Balaban J connectivity index is 3.20. The van der Waals surface area contributed by atoms with E-state index in [0.29, 0.717) is 4.47 Å². The van der Waals surface area contributed by atoms with Crippen LogP contribution in [0.25, 0.3) is 0 Å². The van der Waals surface area contributed by atoms with Gasteiger partial charge in [0, 0.05) is 8.95 Å². The molecule has 1 aromatic carbocycles. The topological polar surface area (TPSA) is 46.2 Å². The summed E-state index contributed by atoms with van der Waals surface area (Å²) in [4.78, 5) is 0.157. The van der Waals surface area contributed by atoms with E-state index < -0.39 is 15.6 Å². The first-order valence-electron chi connectivity index (χ1n) is 4.65. The third-order valence-corrected chi connectivity index (χ3v) is 5.06. The van der Waals surface area contributed by atoms with E-state index in [1.165, 1.54) is 6.07 Å². The Morgan fingerprint density at radius 3 is 2.41 bits per heavy atom. The van der Waals surface area contributed by atoms with Crippen molar-refractivity contribution >= 4 is 41.9 Å². The van der Waals surface area contributed by atoms with Gasteiger partial charge in [0.15, 0.2) is 0 Å². The summed E-state index contributed by atoms with van der Waals surface area (Å²) in [7, 11) is -3.64. The zero-order valence-corrected chi connectivity index (χ0v) is 13.3. The lowest BCUT2D eigenvalue weighted by atomic mass is 10.1. The highest BCUT2D eigenvalue weighted by atomic mass is 79.9. The van der Waals surface area contributed by atoms with Crippen LogP contribution in [-0.4, -0.2) is 14.0 Å². The number of nitrogens with one attached hydrogen (secondary N) is 1. The molecule has 0 aliphatic heterocycles. The second-order valence-electron chi connectivity index (χ2n) is 3.95. The Hall–Kier alpha value is -0.350. The SMILES string of the molecule is C#CC(C)(C)NS(=O)(=O)c1ccc(Br)cc1Br. The third-order valence-electron chi connectivity index (χ3n) is 1.93. The van der Waals surface area contributed by atoms with Gasteiger partial charge in [-0.25, -0.2) is 8.42 Å². The lowest BCUT2D eigenvalue weighted by Gasteiger charge is -2.20. The van der Waals surface area contributed by atoms with Crippen molar-refractivity contribution in [2.24, 2.45) is 0 Å². The maximum Gasteiger partial charge on any atom is 0.242 e. The summed E-state index contributed by atoms with van der Waals surface area (Å²) in [5, 5.41) is 0. The number of terminal acetylenes is 1. The van der Waals surface area contributed by atoms with Gasteiger partial charge in [-0.05, 0) is 48.0 Å². The second-order valence-corrected chi connectivity index (χ2v) is 7.37. The monoisotopic (exact) mass is 379 g/mol. The van der Waals surface area contributed by atoms with Crippen LogP contribution >= 0.6 is 31.9 Å². The first-order chi connectivity index (χ1) is 7.68. The van der Waals surface area contributed by atoms with Gasteiger partial charge in [-0.2, -0.15) is 4.72 Å². The van der Waals surface area contributed by atoms with Crippen LogP contribution in [0.3, 0.4) is 0 Å². The number of benzene rings is 1. The van der Waals surface area contributed by atoms with Gasteiger partial charge in [0.1, 0.15) is 0 Å². The van der Waals surface area contributed by atoms with Crippen molar-refractivity contribution in [1.29, 1.82) is 0 Å². The Morgan fingerprint density at radius 1 is 1.35 bits per heavy atom. The number of rotatable bonds is 3. The predicted molar refractivity (Wildman–Crippen MR) is 75.1 cm³/mol. The van der Waals surface area contributed by atoms with Gasteiger partial charge in [-0.3, -0.25) is 0 Å². The van der Waals surface area contributed by atoms with Gasteiger partial charge >= 0.3 is 0 Å². The highest BCUT2D eigenvalue weighted by molar-refractivity contribution is 9.11. The average Bonchev–Trinajstić information content (AvgIpc) is 2.15. The molecule has 1 rings (SSSR count). The Kier molecular flexibility index (Phi) is 4.42. The van der Waals surface area contributed by atoms with Crippen molar-refractivity contribution in [3.8, 4) is 12.3 Å². The van der Waals surface area contributed by atoms with Gasteiger partial charge in [0.25, 0.3) is 0 Å². The molecule has 0 radical (unpaired) electrons. The second kappa shape index (κ2) is 5.11. The molecule has 1 aromatic rings. The minimum absolute atomic E-state index is 0.157. The van der Waals surface area contributed by atoms with E-state index in [1.54, 1.807) is 26.0 Å². The molecule has 1 N–H and O–H groups in total. The van der Waals surface area contributed by atoms with Crippen LogP contribution < -0.4 is 4.72 Å². The van der Waals surface area contributed by atoms with E-state index in [-0.39, 0.29) is 4.90 Å². The summed E-state index contributed by atoms with van der Waals surface area (Å²) in [5.74, 6) is 2.38. The number of hydrogen-bond acceptors (Lipinski definition) is 2. The summed E-state index contributed by atoms with van der Waals surface area (Å²) in [6.07, 6.45) is 5.26. The fourth-order valence-corrected chi connectivity index (χ4v) is 4.20. The standard InChI is InChI=1S/C11H11Br2NO2S/c1-4-11(2,3)14-17(15,16)10-6-5-8(12)7-9(10)13/h1,5-7,14H,2-3H3. The molecule has 6 heteroatoms. The molecule has 0 saturated heterocycles. The van der Waals surface area contributed by atoms with Crippen LogP contribution in [0.4, 0.5) is 0 Å². The Bertz CT molecular complexity index is 574. The van der Waals surface area contributed by atoms with Crippen molar-refractivity contribution in [1.82, 2.24) is 4.72 Å². The smallest absolute Gasteiger partial charge is 0.207 e. The molecule has 0 bridgehead atoms. The average molecular weight is 381 g/mol. The van der Waals surface area contributed by atoms with E-state index in [9.17, 15) is 8.42 Å². The number of sulfonamides is 1. The summed E-state index contributed by atoms with van der Waals surface area (Å²) < 4.78 is 27.9. The van der Waals surface area contributed by atoms with Gasteiger partial charge in [-0.15, -0.1) is 6.42 Å². The normalized spacial score (nSPS) is 12.2. The van der Waals surface area contributed by atoms with Crippen LogP contribution in [-0.2, 0) is 10.0 Å². The van der Waals surface area contributed by atoms with Gasteiger partial charge < -0.3 is 0 Å². The molecule has 0 fully saturated rings. The maximum absolute atomic E-state index is 12.1. The summed E-state index contributed by atoms with van der Waals surface area (Å²) in [6.45, 7) is 3.24. The largest absolute Gasteiger partial charge is 0.242 e. The van der Waals surface area contributed by atoms with Crippen LogP contribution in [0, 0.1) is 12.3 Å². The fraction of sp³-hybridized carbons (Fsp3) is 0.273. The molecule has 0 amide bonds. The van der Waals surface area contributed by atoms with Crippen molar-refractivity contribution in [3.05, 3.63) is 27.1 Å². The first kappa shape index (κ1) is 14.7. The molecule has 0 unspecified atom stereocenters. The van der Waals surface area contributed by atoms with Gasteiger partial charge in [0.2, 0.25) is 10.0 Å². The fourth-order valence-electron chi connectivity index (χ4n) is 1.11. The molecule has 0 heterocycles. The summed E-state index contributed by atoms with van der Waals surface area (Å²) >= 11 is 6.47. The lowest BCUT2D eigenvalue weighted by molar-refractivity contribution is 0.538. The Labute approximate surface area is 118 Å². The molecule has 3 nitrogen and oxygen atoms in total. The minimum Gasteiger partial charge on any atom is -0.207 e. The Morgan fingerprint density at radius 2 is 1.94 bits per heavy atom. The highest BCUT2D eigenvalue weighted by Crippen LogP contribution is 2.26. The number of hydrogen-bond donors (Lipinski definition) is 1.